The second-order valence-corrected chi connectivity index (χ2v) is 5.74. The first-order chi connectivity index (χ1) is 9.66. The lowest BCUT2D eigenvalue weighted by Crippen LogP contribution is -3.00. The molecule has 0 amide bonds. The first kappa shape index (κ1) is 14.9. The summed E-state index contributed by atoms with van der Waals surface area (Å²) in [5.74, 6) is 0. The Morgan fingerprint density at radius 3 is 2.57 bits per heavy atom. The Hall–Kier alpha value is -1.04. The molecule has 0 fully saturated rings. The zero-order chi connectivity index (χ0) is 13.9. The molecule has 106 valence electrons. The number of nitrogens with one attached hydrogen (secondary N) is 1. The smallest absolute Gasteiger partial charge is 0.240 e. The molecule has 1 N–H and O–H groups in total. The van der Waals surface area contributed by atoms with Gasteiger partial charge in [-0.05, 0) is 24.3 Å². The summed E-state index contributed by atoms with van der Waals surface area (Å²) in [4.78, 5) is 3.40. The molecule has 0 aliphatic heterocycles. The summed E-state index contributed by atoms with van der Waals surface area (Å²) in [6, 6.07) is 14.0. The van der Waals surface area contributed by atoms with Crippen LogP contribution in [0.3, 0.4) is 0 Å². The van der Waals surface area contributed by atoms with E-state index in [0.29, 0.717) is 0 Å². The van der Waals surface area contributed by atoms with Crippen molar-refractivity contribution in [3.05, 3.63) is 52.5 Å². The largest absolute Gasteiger partial charge is 1.00 e. The fourth-order valence-electron chi connectivity index (χ4n) is 2.86. The minimum absolute atomic E-state index is 0. The second kappa shape index (κ2) is 5.30. The Labute approximate surface area is 148 Å². The fraction of sp³-hybridized carbons (Fsp3) is 0.0625. The quantitative estimate of drug-likeness (QED) is 0.324. The molecule has 2 nitrogen and oxygen atoms in total. The van der Waals surface area contributed by atoms with Gasteiger partial charge in [-0.1, -0.05) is 35.3 Å². The third-order valence-corrected chi connectivity index (χ3v) is 4.42. The van der Waals surface area contributed by atoms with Crippen molar-refractivity contribution in [1.82, 2.24) is 4.98 Å². The van der Waals surface area contributed by atoms with Crippen LogP contribution in [-0.4, -0.2) is 4.98 Å². The first-order valence-electron chi connectivity index (χ1n) is 6.34. The average Bonchev–Trinajstić information content (AvgIpc) is 2.84. The van der Waals surface area contributed by atoms with Gasteiger partial charge in [-0.25, -0.2) is 0 Å². The van der Waals surface area contributed by atoms with Crippen molar-refractivity contribution in [3.63, 3.8) is 0 Å². The van der Waals surface area contributed by atoms with E-state index in [2.05, 4.69) is 22.7 Å². The highest BCUT2D eigenvalue weighted by molar-refractivity contribution is 6.40. The second-order valence-electron chi connectivity index (χ2n) is 4.93. The molecule has 5 heteroatoms. The summed E-state index contributed by atoms with van der Waals surface area (Å²) in [6.07, 6.45) is 0. The number of aromatic amines is 1. The number of halogens is 3. The number of aryl methyl sites for hydroxylation is 1. The summed E-state index contributed by atoms with van der Waals surface area (Å²) < 4.78 is 2.16. The van der Waals surface area contributed by atoms with Crippen molar-refractivity contribution < 1.29 is 28.5 Å². The van der Waals surface area contributed by atoms with Crippen LogP contribution in [0.15, 0.2) is 42.5 Å². The van der Waals surface area contributed by atoms with Gasteiger partial charge in [0, 0.05) is 11.1 Å². The topological polar surface area (TPSA) is 19.7 Å². The Balaban J connectivity index is 0.00000132. The van der Waals surface area contributed by atoms with Gasteiger partial charge in [0.2, 0.25) is 11.0 Å². The summed E-state index contributed by atoms with van der Waals surface area (Å²) in [5, 5.41) is 3.60. The SMILES string of the molecule is C[n+]1c2ccccc2c(Cl)c2[nH]c3ccc(Cl)cc3c21.[I-]. The molecule has 0 atom stereocenters. The molecule has 0 radical (unpaired) electrons. The van der Waals surface area contributed by atoms with Crippen molar-refractivity contribution in [3.8, 4) is 0 Å². The maximum atomic E-state index is 6.58. The minimum atomic E-state index is 0. The molecule has 0 unspecified atom stereocenters. The van der Waals surface area contributed by atoms with Crippen molar-refractivity contribution in [2.45, 2.75) is 0 Å². The van der Waals surface area contributed by atoms with Gasteiger partial charge in [0.05, 0.1) is 21.3 Å². The number of rotatable bonds is 0. The van der Waals surface area contributed by atoms with Crippen LogP contribution in [0.2, 0.25) is 10.0 Å². The van der Waals surface area contributed by atoms with Crippen molar-refractivity contribution >= 4 is 56.0 Å². The molecule has 0 aliphatic carbocycles. The number of hydrogen-bond donors (Lipinski definition) is 1. The monoisotopic (exact) mass is 428 g/mol. The molecule has 0 saturated carbocycles. The van der Waals surface area contributed by atoms with Crippen molar-refractivity contribution in [2.75, 3.05) is 0 Å². The highest BCUT2D eigenvalue weighted by Crippen LogP contribution is 2.33. The van der Waals surface area contributed by atoms with E-state index in [-0.39, 0.29) is 24.0 Å². The average molecular weight is 429 g/mol. The Morgan fingerprint density at radius 2 is 1.76 bits per heavy atom. The van der Waals surface area contributed by atoms with Crippen LogP contribution in [0.4, 0.5) is 0 Å². The number of H-pyrrole nitrogens is 1. The number of hydrogen-bond acceptors (Lipinski definition) is 0. The molecule has 21 heavy (non-hydrogen) atoms. The third-order valence-electron chi connectivity index (χ3n) is 3.79. The van der Waals surface area contributed by atoms with Gasteiger partial charge in [0.25, 0.3) is 0 Å². The minimum Gasteiger partial charge on any atom is -1.00 e. The molecule has 2 aromatic heterocycles. The predicted molar refractivity (Wildman–Crippen MR) is 84.5 cm³/mol. The van der Waals surface area contributed by atoms with Crippen LogP contribution in [0.25, 0.3) is 32.8 Å². The van der Waals surface area contributed by atoms with Gasteiger partial charge in [0.1, 0.15) is 12.6 Å². The summed E-state index contributed by atoms with van der Waals surface area (Å²) in [6.45, 7) is 0. The van der Waals surface area contributed by atoms with E-state index < -0.39 is 0 Å². The van der Waals surface area contributed by atoms with Crippen LogP contribution in [-0.2, 0) is 7.05 Å². The van der Waals surface area contributed by atoms with Crippen LogP contribution < -0.4 is 28.5 Å². The lowest BCUT2D eigenvalue weighted by atomic mass is 10.1. The van der Waals surface area contributed by atoms with E-state index in [1.54, 1.807) is 0 Å². The van der Waals surface area contributed by atoms with Gasteiger partial charge in [0.15, 0.2) is 0 Å². The summed E-state index contributed by atoms with van der Waals surface area (Å²) >= 11 is 12.7. The lowest BCUT2D eigenvalue weighted by molar-refractivity contribution is -0.616. The number of pyridine rings is 1. The molecule has 0 aliphatic rings. The van der Waals surface area contributed by atoms with E-state index >= 15 is 0 Å². The lowest BCUT2D eigenvalue weighted by Gasteiger charge is -2.01. The zero-order valence-electron chi connectivity index (χ0n) is 11.1. The van der Waals surface area contributed by atoms with E-state index in [9.17, 15) is 0 Å². The summed E-state index contributed by atoms with van der Waals surface area (Å²) in [7, 11) is 2.05. The number of benzene rings is 2. The molecular formula is C16H11Cl2IN2. The molecule has 0 saturated heterocycles. The van der Waals surface area contributed by atoms with Gasteiger partial charge in [-0.3, -0.25) is 0 Å². The van der Waals surface area contributed by atoms with E-state index in [1.165, 1.54) is 0 Å². The Morgan fingerprint density at radius 1 is 1.00 bits per heavy atom. The Bertz CT molecular complexity index is 992. The number of para-hydroxylation sites is 1. The molecular weight excluding hydrogens is 418 g/mol. The fourth-order valence-corrected chi connectivity index (χ4v) is 3.33. The molecule has 0 bridgehead atoms. The normalized spacial score (nSPS) is 11.2. The van der Waals surface area contributed by atoms with Gasteiger partial charge < -0.3 is 29.0 Å². The highest BCUT2D eigenvalue weighted by Gasteiger charge is 2.21. The number of aromatic nitrogens is 2. The van der Waals surface area contributed by atoms with E-state index in [4.69, 9.17) is 23.2 Å². The Kier molecular flexibility index (Phi) is 3.76. The van der Waals surface area contributed by atoms with Crippen LogP contribution in [0.5, 0.6) is 0 Å². The van der Waals surface area contributed by atoms with Crippen LogP contribution in [0, 0.1) is 0 Å². The van der Waals surface area contributed by atoms with Crippen molar-refractivity contribution in [2.24, 2.45) is 7.05 Å². The van der Waals surface area contributed by atoms with Gasteiger partial charge in [-0.2, -0.15) is 4.57 Å². The van der Waals surface area contributed by atoms with Gasteiger partial charge >= 0.3 is 0 Å². The molecule has 4 aromatic rings. The van der Waals surface area contributed by atoms with Crippen LogP contribution in [0.1, 0.15) is 0 Å². The third kappa shape index (κ3) is 2.10. The maximum Gasteiger partial charge on any atom is 0.240 e. The number of fused-ring (bicyclic) bond motifs is 4. The number of nitrogens with zero attached hydrogens (tertiary/aromatic N) is 1. The van der Waals surface area contributed by atoms with E-state index in [1.807, 2.05) is 36.4 Å². The van der Waals surface area contributed by atoms with Crippen LogP contribution >= 0.6 is 23.2 Å². The first-order valence-corrected chi connectivity index (χ1v) is 7.09. The highest BCUT2D eigenvalue weighted by atomic mass is 127. The molecule has 0 spiro atoms. The zero-order valence-corrected chi connectivity index (χ0v) is 14.8. The van der Waals surface area contributed by atoms with E-state index in [0.717, 1.165) is 42.9 Å². The molecule has 2 heterocycles. The standard InChI is InChI=1S/C16H10Cl2N2.HI/c1-20-13-5-3-2-4-10(13)14(18)15-16(20)11-8-9(17)6-7-12(11)19-15;/h2-8H,1H3;1H. The molecule has 2 aromatic carbocycles. The maximum absolute atomic E-state index is 6.58. The predicted octanol–water partition coefficient (Wildman–Crippen LogP) is 1.61. The van der Waals surface area contributed by atoms with Crippen molar-refractivity contribution in [1.29, 1.82) is 0 Å². The molecule has 4 rings (SSSR count). The summed E-state index contributed by atoms with van der Waals surface area (Å²) in [5.41, 5.74) is 4.17. The van der Waals surface area contributed by atoms with Gasteiger partial charge in [-0.15, -0.1) is 0 Å².